The Bertz CT molecular complexity index is 1630. The van der Waals surface area contributed by atoms with Crippen LogP contribution >= 0.6 is 11.3 Å². The molecule has 4 aromatic rings. The lowest BCUT2D eigenvalue weighted by Crippen LogP contribution is -2.26. The van der Waals surface area contributed by atoms with Gasteiger partial charge in [0.25, 0.3) is 15.9 Å². The van der Waals surface area contributed by atoms with E-state index in [0.717, 1.165) is 4.70 Å². The van der Waals surface area contributed by atoms with Gasteiger partial charge in [0.1, 0.15) is 12.3 Å². The summed E-state index contributed by atoms with van der Waals surface area (Å²) >= 11 is 1.24. The van der Waals surface area contributed by atoms with E-state index >= 15 is 0 Å². The molecule has 0 fully saturated rings. The topological polar surface area (TPSA) is 107 Å². The molecule has 0 saturated carbocycles. The van der Waals surface area contributed by atoms with Crippen molar-refractivity contribution in [3.8, 4) is 5.75 Å². The Hall–Kier alpha value is -3.96. The Kier molecular flexibility index (Phi) is 8.28. The summed E-state index contributed by atoms with van der Waals surface area (Å²) < 4.78 is 40.3. The van der Waals surface area contributed by atoms with Gasteiger partial charge in [0.05, 0.1) is 34.0 Å². The van der Waals surface area contributed by atoms with Crippen LogP contribution in [0.1, 0.15) is 24.2 Å². The minimum atomic E-state index is -3.82. The Balaban J connectivity index is 1.67. The molecule has 9 nitrogen and oxygen atoms in total. The number of sulfonamides is 1. The molecule has 0 bridgehead atoms. The van der Waals surface area contributed by atoms with Crippen LogP contribution in [0.5, 0.6) is 5.75 Å². The zero-order chi connectivity index (χ0) is 27.3. The number of amides is 1. The highest BCUT2D eigenvalue weighted by atomic mass is 32.2. The number of rotatable bonds is 9. The van der Waals surface area contributed by atoms with E-state index < -0.39 is 21.9 Å². The van der Waals surface area contributed by atoms with Crippen molar-refractivity contribution < 1.29 is 27.5 Å². The van der Waals surface area contributed by atoms with Gasteiger partial charge in [0.2, 0.25) is 0 Å². The lowest BCUT2D eigenvalue weighted by molar-refractivity contribution is -0.143. The monoisotopic (exact) mass is 553 g/mol. The summed E-state index contributed by atoms with van der Waals surface area (Å²) in [6, 6.07) is 19.7. The van der Waals surface area contributed by atoms with E-state index in [0.29, 0.717) is 28.4 Å². The lowest BCUT2D eigenvalue weighted by Gasteiger charge is -2.19. The predicted octanol–water partition coefficient (Wildman–Crippen LogP) is 4.23. The first-order chi connectivity index (χ1) is 18.2. The molecule has 1 aromatic heterocycles. The summed E-state index contributed by atoms with van der Waals surface area (Å²) in [7, 11) is -2.35. The van der Waals surface area contributed by atoms with E-state index in [1.807, 2.05) is 19.1 Å². The van der Waals surface area contributed by atoms with Gasteiger partial charge >= 0.3 is 5.97 Å². The van der Waals surface area contributed by atoms with Crippen molar-refractivity contribution in [2.45, 2.75) is 25.3 Å². The van der Waals surface area contributed by atoms with Crippen LogP contribution in [-0.2, 0) is 26.1 Å². The SMILES string of the molecule is CCOC(=O)Cn1c(=NC(=O)c2ccc(S(=O)(=O)N(C)c3ccccc3)cc2)sc2cc(OCC)ccc21. The van der Waals surface area contributed by atoms with Crippen LogP contribution in [-0.4, -0.2) is 45.1 Å². The normalized spacial score (nSPS) is 11.9. The van der Waals surface area contributed by atoms with Crippen molar-refractivity contribution in [2.75, 3.05) is 24.6 Å². The number of fused-ring (bicyclic) bond motifs is 1. The van der Waals surface area contributed by atoms with Gasteiger partial charge in [0, 0.05) is 12.6 Å². The summed E-state index contributed by atoms with van der Waals surface area (Å²) in [6.07, 6.45) is 0. The summed E-state index contributed by atoms with van der Waals surface area (Å²) in [4.78, 5) is 30.0. The fraction of sp³-hybridized carbons (Fsp3) is 0.222. The summed E-state index contributed by atoms with van der Waals surface area (Å²) in [5, 5.41) is 0. The average molecular weight is 554 g/mol. The zero-order valence-electron chi connectivity index (χ0n) is 21.2. The van der Waals surface area contributed by atoms with Crippen LogP contribution < -0.4 is 13.8 Å². The van der Waals surface area contributed by atoms with Gasteiger partial charge in [-0.1, -0.05) is 29.5 Å². The predicted molar refractivity (Wildman–Crippen MR) is 146 cm³/mol. The Morgan fingerprint density at radius 1 is 0.974 bits per heavy atom. The number of carbonyl (C=O) groups excluding carboxylic acids is 2. The molecule has 0 aliphatic carbocycles. The van der Waals surface area contributed by atoms with Crippen molar-refractivity contribution in [3.05, 3.63) is 83.2 Å². The molecule has 0 radical (unpaired) electrons. The largest absolute Gasteiger partial charge is 0.494 e. The first-order valence-electron chi connectivity index (χ1n) is 11.9. The molecule has 0 unspecified atom stereocenters. The van der Waals surface area contributed by atoms with Gasteiger partial charge < -0.3 is 14.0 Å². The molecular formula is C27H27N3O6S2. The zero-order valence-corrected chi connectivity index (χ0v) is 22.8. The van der Waals surface area contributed by atoms with E-state index in [1.54, 1.807) is 47.9 Å². The van der Waals surface area contributed by atoms with E-state index in [1.165, 1.54) is 47.0 Å². The van der Waals surface area contributed by atoms with E-state index in [2.05, 4.69) is 4.99 Å². The number of carbonyl (C=O) groups is 2. The van der Waals surface area contributed by atoms with Crippen LogP contribution in [0.2, 0.25) is 0 Å². The van der Waals surface area contributed by atoms with E-state index in [9.17, 15) is 18.0 Å². The summed E-state index contributed by atoms with van der Waals surface area (Å²) in [6.45, 7) is 4.23. The number of ether oxygens (including phenoxy) is 2. The summed E-state index contributed by atoms with van der Waals surface area (Å²) in [5.74, 6) is -0.355. The fourth-order valence-electron chi connectivity index (χ4n) is 3.74. The van der Waals surface area contributed by atoms with Gasteiger partial charge in [-0.2, -0.15) is 4.99 Å². The highest BCUT2D eigenvalue weighted by Gasteiger charge is 2.21. The maximum absolute atomic E-state index is 13.1. The molecule has 0 aliphatic rings. The Labute approximate surface area is 224 Å². The van der Waals surface area contributed by atoms with Crippen LogP contribution in [0.3, 0.4) is 0 Å². The molecule has 0 atom stereocenters. The molecule has 38 heavy (non-hydrogen) atoms. The minimum absolute atomic E-state index is 0.0445. The lowest BCUT2D eigenvalue weighted by atomic mass is 10.2. The van der Waals surface area contributed by atoms with Crippen molar-refractivity contribution in [1.29, 1.82) is 0 Å². The second-order valence-corrected chi connectivity index (χ2v) is 11.1. The molecule has 3 aromatic carbocycles. The van der Waals surface area contributed by atoms with Crippen LogP contribution in [0, 0.1) is 0 Å². The smallest absolute Gasteiger partial charge is 0.326 e. The maximum atomic E-state index is 13.1. The quantitative estimate of drug-likeness (QED) is 0.287. The number of hydrogen-bond donors (Lipinski definition) is 0. The van der Waals surface area contributed by atoms with Gasteiger partial charge in [-0.25, -0.2) is 8.42 Å². The van der Waals surface area contributed by atoms with Crippen molar-refractivity contribution >= 4 is 49.1 Å². The van der Waals surface area contributed by atoms with Gasteiger partial charge in [-0.3, -0.25) is 13.9 Å². The third kappa shape index (κ3) is 5.79. The van der Waals surface area contributed by atoms with Crippen LogP contribution in [0.25, 0.3) is 10.2 Å². The molecule has 1 amide bonds. The first-order valence-corrected chi connectivity index (χ1v) is 14.1. The van der Waals surface area contributed by atoms with E-state index in [-0.39, 0.29) is 23.6 Å². The molecule has 0 saturated heterocycles. The first kappa shape index (κ1) is 27.1. The third-order valence-corrected chi connectivity index (χ3v) is 8.48. The Morgan fingerprint density at radius 2 is 1.68 bits per heavy atom. The van der Waals surface area contributed by atoms with Crippen molar-refractivity contribution in [2.24, 2.45) is 4.99 Å². The number of benzene rings is 3. The number of thiazole rings is 1. The standard InChI is InChI=1S/C27H27N3O6S2/c1-4-35-21-13-16-23-24(17-21)37-27(30(23)18-25(31)36-5-2)28-26(32)19-11-14-22(15-12-19)38(33,34)29(3)20-9-7-6-8-10-20/h6-17H,4-5,18H2,1-3H3. The number of hydrogen-bond acceptors (Lipinski definition) is 7. The molecule has 11 heteroatoms. The molecule has 0 N–H and O–H groups in total. The number of esters is 1. The average Bonchev–Trinajstić information content (AvgIpc) is 3.24. The Morgan fingerprint density at radius 3 is 2.34 bits per heavy atom. The highest BCUT2D eigenvalue weighted by molar-refractivity contribution is 7.92. The number of anilines is 1. The molecule has 0 spiro atoms. The van der Waals surface area contributed by atoms with Crippen molar-refractivity contribution in [1.82, 2.24) is 4.57 Å². The number of para-hydroxylation sites is 1. The molecule has 4 rings (SSSR count). The highest BCUT2D eigenvalue weighted by Crippen LogP contribution is 2.24. The van der Waals surface area contributed by atoms with Gasteiger partial charge in [-0.15, -0.1) is 0 Å². The second kappa shape index (κ2) is 11.6. The van der Waals surface area contributed by atoms with Crippen molar-refractivity contribution in [3.63, 3.8) is 0 Å². The molecule has 1 heterocycles. The van der Waals surface area contributed by atoms with E-state index in [4.69, 9.17) is 9.47 Å². The molecule has 0 aliphatic heterocycles. The molecule has 198 valence electrons. The van der Waals surface area contributed by atoms with Gasteiger partial charge in [0.15, 0.2) is 4.80 Å². The maximum Gasteiger partial charge on any atom is 0.326 e. The number of aromatic nitrogens is 1. The third-order valence-electron chi connectivity index (χ3n) is 5.63. The van der Waals surface area contributed by atoms with Crippen LogP contribution in [0.15, 0.2) is 82.7 Å². The fourth-order valence-corrected chi connectivity index (χ4v) is 5.99. The summed E-state index contributed by atoms with van der Waals surface area (Å²) in [5.41, 5.74) is 1.44. The minimum Gasteiger partial charge on any atom is -0.494 e. The van der Waals surface area contributed by atoms with Gasteiger partial charge in [-0.05, 0) is 68.4 Å². The molecular weight excluding hydrogens is 526 g/mol. The van der Waals surface area contributed by atoms with Crippen LogP contribution in [0.4, 0.5) is 5.69 Å². The second-order valence-electron chi connectivity index (χ2n) is 8.09. The number of nitrogens with zero attached hydrogens (tertiary/aromatic N) is 3.